The molecule has 0 spiro atoms. The highest BCUT2D eigenvalue weighted by molar-refractivity contribution is 5.99. The van der Waals surface area contributed by atoms with E-state index in [0.717, 1.165) is 0 Å². The number of hydrogen-bond acceptors (Lipinski definition) is 6. The highest BCUT2D eigenvalue weighted by Crippen LogP contribution is 2.21. The Kier molecular flexibility index (Phi) is 6.67. The minimum Gasteiger partial charge on any atom is -0.480 e. The number of piperazine rings is 1. The molecule has 0 saturated carbocycles. The van der Waals surface area contributed by atoms with Crippen LogP contribution in [0.1, 0.15) is 28.5 Å². The standard InChI is InChI=1S/C24H23FN6O4/c1-14-11-30(12-21(28-26-2)31(14)13-22(32)33)24(35)18-9-15(7-8-19(18)25)10-20-16-5-3-4-6-17(16)23(34)29-27-20/h3-9,14H,2,10-13H2,1H3,(H,29,34)(H,32,33)/b28-21-. The van der Waals surface area contributed by atoms with Gasteiger partial charge in [-0.1, -0.05) is 24.3 Å². The molecular formula is C24H23FN6O4. The van der Waals surface area contributed by atoms with Gasteiger partial charge in [-0.15, -0.1) is 5.10 Å². The van der Waals surface area contributed by atoms with Crippen LogP contribution < -0.4 is 5.56 Å². The molecule has 11 heteroatoms. The number of aliphatic carboxylic acids is 1. The average molecular weight is 478 g/mol. The maximum absolute atomic E-state index is 14.8. The summed E-state index contributed by atoms with van der Waals surface area (Å²) in [6.07, 6.45) is 0.272. The lowest BCUT2D eigenvalue weighted by Gasteiger charge is -2.40. The molecule has 1 aliphatic heterocycles. The average Bonchev–Trinajstić information content (AvgIpc) is 2.83. The fourth-order valence-electron chi connectivity index (χ4n) is 4.23. The topological polar surface area (TPSA) is 131 Å². The van der Waals surface area contributed by atoms with Gasteiger partial charge in [0.15, 0.2) is 0 Å². The van der Waals surface area contributed by atoms with Crippen LogP contribution in [-0.4, -0.2) is 75.2 Å². The van der Waals surface area contributed by atoms with Crippen molar-refractivity contribution in [3.63, 3.8) is 0 Å². The molecule has 4 rings (SSSR count). The number of carbonyl (C=O) groups is 2. The van der Waals surface area contributed by atoms with E-state index in [1.54, 1.807) is 37.3 Å². The molecule has 2 heterocycles. The van der Waals surface area contributed by atoms with Crippen LogP contribution in [0.4, 0.5) is 4.39 Å². The molecule has 0 radical (unpaired) electrons. The van der Waals surface area contributed by atoms with Crippen LogP contribution in [0.5, 0.6) is 0 Å². The predicted molar refractivity (Wildman–Crippen MR) is 128 cm³/mol. The van der Waals surface area contributed by atoms with E-state index in [-0.39, 0.29) is 49.1 Å². The number of nitrogens with zero attached hydrogens (tertiary/aromatic N) is 5. The number of hydrogen-bond donors (Lipinski definition) is 2. The molecule has 10 nitrogen and oxygen atoms in total. The number of halogens is 1. The summed E-state index contributed by atoms with van der Waals surface area (Å²) in [6, 6.07) is 10.9. The summed E-state index contributed by atoms with van der Waals surface area (Å²) in [7, 11) is 0. The number of benzene rings is 2. The molecule has 2 aromatic carbocycles. The molecule has 0 bridgehead atoms. The Morgan fingerprint density at radius 3 is 2.71 bits per heavy atom. The summed E-state index contributed by atoms with van der Waals surface area (Å²) >= 11 is 0. The number of H-pyrrole nitrogens is 1. The van der Waals surface area contributed by atoms with Crippen LogP contribution in [0.15, 0.2) is 57.5 Å². The second-order valence-electron chi connectivity index (χ2n) is 8.25. The summed E-state index contributed by atoms with van der Waals surface area (Å²) in [5, 5.41) is 24.4. The van der Waals surface area contributed by atoms with E-state index in [2.05, 4.69) is 27.1 Å². The van der Waals surface area contributed by atoms with Crippen LogP contribution in [0.25, 0.3) is 10.8 Å². The molecule has 0 aliphatic carbocycles. The lowest BCUT2D eigenvalue weighted by atomic mass is 10.0. The van der Waals surface area contributed by atoms with Crippen molar-refractivity contribution in [3.05, 3.63) is 75.5 Å². The van der Waals surface area contributed by atoms with Crippen molar-refractivity contribution in [1.29, 1.82) is 0 Å². The van der Waals surface area contributed by atoms with E-state index in [4.69, 9.17) is 0 Å². The van der Waals surface area contributed by atoms with Crippen LogP contribution in [-0.2, 0) is 11.2 Å². The van der Waals surface area contributed by atoms with Crippen molar-refractivity contribution in [2.75, 3.05) is 19.6 Å². The van der Waals surface area contributed by atoms with Gasteiger partial charge in [-0.05, 0) is 30.7 Å². The molecule has 35 heavy (non-hydrogen) atoms. The third kappa shape index (κ3) is 4.93. The quantitative estimate of drug-likeness (QED) is 0.411. The van der Waals surface area contributed by atoms with Crippen LogP contribution >= 0.6 is 0 Å². The molecule has 3 aromatic rings. The lowest BCUT2D eigenvalue weighted by molar-refractivity contribution is -0.137. The van der Waals surface area contributed by atoms with E-state index < -0.39 is 17.7 Å². The Bertz CT molecular complexity index is 1400. The van der Waals surface area contributed by atoms with Crippen molar-refractivity contribution in [3.8, 4) is 0 Å². The van der Waals surface area contributed by atoms with E-state index in [1.807, 2.05) is 0 Å². The third-order valence-corrected chi connectivity index (χ3v) is 5.87. The van der Waals surface area contributed by atoms with Crippen molar-refractivity contribution >= 4 is 35.2 Å². The molecule has 1 fully saturated rings. The van der Waals surface area contributed by atoms with Gasteiger partial charge in [0, 0.05) is 31.1 Å². The minimum atomic E-state index is -1.05. The molecule has 1 aliphatic rings. The number of carboxylic acids is 1. The summed E-state index contributed by atoms with van der Waals surface area (Å²) < 4.78 is 14.8. The fraction of sp³-hybridized carbons (Fsp3) is 0.250. The summed E-state index contributed by atoms with van der Waals surface area (Å²) in [4.78, 5) is 39.5. The maximum Gasteiger partial charge on any atom is 0.323 e. The number of aromatic amines is 1. The third-order valence-electron chi connectivity index (χ3n) is 5.87. The summed E-state index contributed by atoms with van der Waals surface area (Å²) in [6.45, 7) is 4.90. The number of nitrogens with one attached hydrogen (secondary N) is 1. The second kappa shape index (κ2) is 9.84. The Morgan fingerprint density at radius 2 is 2.00 bits per heavy atom. The number of aromatic nitrogens is 2. The fourth-order valence-corrected chi connectivity index (χ4v) is 4.23. The monoisotopic (exact) mass is 478 g/mol. The zero-order valence-electron chi connectivity index (χ0n) is 18.9. The second-order valence-corrected chi connectivity index (χ2v) is 8.25. The number of carbonyl (C=O) groups excluding carboxylic acids is 1. The van der Waals surface area contributed by atoms with E-state index in [1.165, 1.54) is 21.9 Å². The number of rotatable bonds is 6. The highest BCUT2D eigenvalue weighted by atomic mass is 19.1. The Morgan fingerprint density at radius 1 is 1.26 bits per heavy atom. The molecule has 1 saturated heterocycles. The van der Waals surface area contributed by atoms with E-state index >= 15 is 0 Å². The first-order valence-electron chi connectivity index (χ1n) is 10.8. The predicted octanol–water partition coefficient (Wildman–Crippen LogP) is 1.90. The zero-order valence-corrected chi connectivity index (χ0v) is 18.9. The minimum absolute atomic E-state index is 0.0365. The number of carboxylic acid groups (broad SMARTS) is 1. The van der Waals surface area contributed by atoms with Gasteiger partial charge >= 0.3 is 5.97 Å². The first-order chi connectivity index (χ1) is 16.8. The highest BCUT2D eigenvalue weighted by Gasteiger charge is 2.33. The molecule has 1 amide bonds. The van der Waals surface area contributed by atoms with E-state index in [9.17, 15) is 23.9 Å². The maximum atomic E-state index is 14.8. The van der Waals surface area contributed by atoms with Gasteiger partial charge in [0.05, 0.1) is 23.2 Å². The van der Waals surface area contributed by atoms with Crippen molar-refractivity contribution in [1.82, 2.24) is 20.0 Å². The summed E-state index contributed by atoms with van der Waals surface area (Å²) in [5.41, 5.74) is 0.800. The summed E-state index contributed by atoms with van der Waals surface area (Å²) in [5.74, 6) is -2.02. The first-order valence-corrected chi connectivity index (χ1v) is 10.8. The van der Waals surface area contributed by atoms with Crippen LogP contribution in [0.3, 0.4) is 0 Å². The number of amides is 1. The molecule has 2 N–H and O–H groups in total. The molecule has 1 unspecified atom stereocenters. The first kappa shape index (κ1) is 23.7. The van der Waals surface area contributed by atoms with Gasteiger partial charge in [0.25, 0.3) is 11.5 Å². The van der Waals surface area contributed by atoms with Gasteiger partial charge in [-0.3, -0.25) is 14.4 Å². The van der Waals surface area contributed by atoms with E-state index in [0.29, 0.717) is 22.0 Å². The molecule has 1 atom stereocenters. The number of amidine groups is 1. The number of fused-ring (bicyclic) bond motifs is 1. The van der Waals surface area contributed by atoms with Gasteiger partial charge < -0.3 is 14.9 Å². The molecular weight excluding hydrogens is 455 g/mol. The van der Waals surface area contributed by atoms with Gasteiger partial charge in [0.1, 0.15) is 18.2 Å². The normalized spacial score (nSPS) is 17.1. The van der Waals surface area contributed by atoms with Gasteiger partial charge in [-0.25, -0.2) is 9.49 Å². The van der Waals surface area contributed by atoms with Crippen LogP contribution in [0.2, 0.25) is 0 Å². The van der Waals surface area contributed by atoms with Crippen molar-refractivity contribution < 1.29 is 19.1 Å². The lowest BCUT2D eigenvalue weighted by Crippen LogP contribution is -2.58. The molecule has 180 valence electrons. The zero-order chi connectivity index (χ0) is 25.1. The largest absolute Gasteiger partial charge is 0.480 e. The Labute approximate surface area is 199 Å². The smallest absolute Gasteiger partial charge is 0.323 e. The van der Waals surface area contributed by atoms with Gasteiger partial charge in [-0.2, -0.15) is 10.2 Å². The van der Waals surface area contributed by atoms with Crippen LogP contribution in [0, 0.1) is 5.82 Å². The van der Waals surface area contributed by atoms with Gasteiger partial charge in [0.2, 0.25) is 0 Å². The SMILES string of the molecule is C=N/N=C1/CN(C(=O)c2cc(Cc3n[nH]c(=O)c4ccccc34)ccc2F)CC(C)N1CC(=O)O. The van der Waals surface area contributed by atoms with Crippen molar-refractivity contribution in [2.24, 2.45) is 10.2 Å². The Hall–Kier alpha value is -4.41. The molecule has 1 aromatic heterocycles. The van der Waals surface area contributed by atoms with Crippen molar-refractivity contribution in [2.45, 2.75) is 19.4 Å². The Balaban J connectivity index is 1.62.